The van der Waals surface area contributed by atoms with Crippen molar-refractivity contribution in [2.24, 2.45) is 0 Å². The van der Waals surface area contributed by atoms with Crippen molar-refractivity contribution >= 4 is 45.7 Å². The Labute approximate surface area is 148 Å². The molecule has 1 aromatic heterocycles. The molecular weight excluding hydrogens is 346 g/mol. The maximum absolute atomic E-state index is 12.0. The lowest BCUT2D eigenvalue weighted by molar-refractivity contribution is -0.113. The van der Waals surface area contributed by atoms with Gasteiger partial charge in [-0.05, 0) is 30.7 Å². The molecule has 128 valence electrons. The normalized spacial score (nSPS) is 10.2. The minimum Gasteiger partial charge on any atom is -0.360 e. The molecule has 7 nitrogen and oxygen atoms in total. The third kappa shape index (κ3) is 5.50. The van der Waals surface area contributed by atoms with E-state index in [2.05, 4.69) is 33.1 Å². The zero-order chi connectivity index (χ0) is 17.4. The van der Waals surface area contributed by atoms with Gasteiger partial charge < -0.3 is 16.0 Å². The van der Waals surface area contributed by atoms with Crippen molar-refractivity contribution in [1.82, 2.24) is 15.5 Å². The molecule has 0 atom stereocenters. The number of nitrogens with one attached hydrogen (secondary N) is 3. The van der Waals surface area contributed by atoms with Gasteiger partial charge in [0.1, 0.15) is 0 Å². The summed E-state index contributed by atoms with van der Waals surface area (Å²) in [5.74, 6) is -0.0438. The van der Waals surface area contributed by atoms with Crippen molar-refractivity contribution in [3.05, 3.63) is 29.8 Å². The molecule has 2 amide bonds. The Hall–Kier alpha value is -2.13. The number of carbonyl (C=O) groups is 2. The van der Waals surface area contributed by atoms with E-state index in [0.717, 1.165) is 22.4 Å². The van der Waals surface area contributed by atoms with E-state index in [-0.39, 0.29) is 17.6 Å². The summed E-state index contributed by atoms with van der Waals surface area (Å²) in [7, 11) is 1.58. The van der Waals surface area contributed by atoms with Gasteiger partial charge in [0.15, 0.2) is 4.34 Å². The molecule has 3 N–H and O–H groups in total. The number of amides is 2. The summed E-state index contributed by atoms with van der Waals surface area (Å²) in [6, 6.07) is 6.73. The summed E-state index contributed by atoms with van der Waals surface area (Å²) >= 11 is 2.78. The van der Waals surface area contributed by atoms with Crippen molar-refractivity contribution in [3.8, 4) is 0 Å². The zero-order valence-corrected chi connectivity index (χ0v) is 15.1. The highest BCUT2D eigenvalue weighted by atomic mass is 32.2. The first kappa shape index (κ1) is 18.2. The minimum absolute atomic E-state index is 0.133. The van der Waals surface area contributed by atoms with Crippen molar-refractivity contribution in [2.45, 2.75) is 17.7 Å². The zero-order valence-electron chi connectivity index (χ0n) is 13.5. The van der Waals surface area contributed by atoms with E-state index < -0.39 is 0 Å². The quantitative estimate of drug-likeness (QED) is 0.622. The van der Waals surface area contributed by atoms with Crippen LogP contribution < -0.4 is 16.0 Å². The van der Waals surface area contributed by atoms with Crippen LogP contribution in [0, 0.1) is 0 Å². The van der Waals surface area contributed by atoms with E-state index in [0.29, 0.717) is 11.3 Å². The van der Waals surface area contributed by atoms with Crippen molar-refractivity contribution in [3.63, 3.8) is 0 Å². The first-order chi connectivity index (χ1) is 11.6. The van der Waals surface area contributed by atoms with E-state index in [1.54, 1.807) is 31.3 Å². The van der Waals surface area contributed by atoms with E-state index in [9.17, 15) is 9.59 Å². The highest BCUT2D eigenvalue weighted by Gasteiger charge is 2.09. The molecule has 9 heteroatoms. The molecule has 0 aliphatic carbocycles. The molecule has 0 bridgehead atoms. The summed E-state index contributed by atoms with van der Waals surface area (Å²) in [6.07, 6.45) is 1.02. The standard InChI is InChI=1S/C15H19N5O2S2/c1-3-8-17-14-19-20-15(24-14)23-9-12(21)18-11-6-4-10(5-7-11)13(22)16-2/h4-7H,3,8-9H2,1-2H3,(H,16,22)(H,17,19)(H,18,21). The van der Waals surface area contributed by atoms with Gasteiger partial charge in [-0.2, -0.15) is 0 Å². The number of hydrogen-bond acceptors (Lipinski definition) is 7. The third-order valence-corrected chi connectivity index (χ3v) is 4.93. The van der Waals surface area contributed by atoms with Crippen LogP contribution in [0.2, 0.25) is 0 Å². The van der Waals surface area contributed by atoms with Gasteiger partial charge >= 0.3 is 0 Å². The van der Waals surface area contributed by atoms with Gasteiger partial charge in [0.05, 0.1) is 5.75 Å². The predicted molar refractivity (Wildman–Crippen MR) is 97.9 cm³/mol. The van der Waals surface area contributed by atoms with E-state index >= 15 is 0 Å². The monoisotopic (exact) mass is 365 g/mol. The maximum Gasteiger partial charge on any atom is 0.251 e. The average molecular weight is 365 g/mol. The Bertz CT molecular complexity index is 687. The maximum atomic E-state index is 12.0. The number of nitrogens with zero attached hydrogens (tertiary/aromatic N) is 2. The number of anilines is 2. The Kier molecular flexibility index (Phi) is 7.01. The first-order valence-electron chi connectivity index (χ1n) is 7.44. The van der Waals surface area contributed by atoms with E-state index in [1.165, 1.54) is 23.1 Å². The van der Waals surface area contributed by atoms with Crippen molar-refractivity contribution < 1.29 is 9.59 Å². The van der Waals surface area contributed by atoms with E-state index in [4.69, 9.17) is 0 Å². The summed E-state index contributed by atoms with van der Waals surface area (Å²) in [5.41, 5.74) is 1.20. The minimum atomic E-state index is -0.160. The van der Waals surface area contributed by atoms with Gasteiger partial charge in [0, 0.05) is 24.8 Å². The fourth-order valence-electron chi connectivity index (χ4n) is 1.75. The lowest BCUT2D eigenvalue weighted by Crippen LogP contribution is -2.18. The SMILES string of the molecule is CCCNc1nnc(SCC(=O)Nc2ccc(C(=O)NC)cc2)s1. The molecule has 1 aromatic carbocycles. The van der Waals surface area contributed by atoms with Crippen LogP contribution in [0.15, 0.2) is 28.6 Å². The van der Waals surface area contributed by atoms with Gasteiger partial charge in [-0.3, -0.25) is 9.59 Å². The molecule has 2 aromatic rings. The molecule has 24 heavy (non-hydrogen) atoms. The molecule has 0 radical (unpaired) electrons. The number of carbonyl (C=O) groups excluding carboxylic acids is 2. The van der Waals surface area contributed by atoms with Gasteiger partial charge in [0.25, 0.3) is 5.91 Å². The molecule has 0 fully saturated rings. The number of benzene rings is 1. The molecule has 2 rings (SSSR count). The average Bonchev–Trinajstić information content (AvgIpc) is 3.06. The van der Waals surface area contributed by atoms with Crippen molar-refractivity contribution in [1.29, 1.82) is 0 Å². The summed E-state index contributed by atoms with van der Waals surface area (Å²) in [6.45, 7) is 2.93. The molecule has 0 unspecified atom stereocenters. The van der Waals surface area contributed by atoms with Crippen LogP contribution >= 0.6 is 23.1 Å². The van der Waals surface area contributed by atoms with Crippen LogP contribution in [0.1, 0.15) is 23.7 Å². The lowest BCUT2D eigenvalue weighted by Gasteiger charge is -2.05. The summed E-state index contributed by atoms with van der Waals surface area (Å²) in [4.78, 5) is 23.4. The smallest absolute Gasteiger partial charge is 0.251 e. The first-order valence-corrected chi connectivity index (χ1v) is 9.24. The highest BCUT2D eigenvalue weighted by Crippen LogP contribution is 2.25. The molecule has 0 aliphatic heterocycles. The molecule has 0 saturated carbocycles. The van der Waals surface area contributed by atoms with Gasteiger partial charge in [-0.1, -0.05) is 30.0 Å². The van der Waals surface area contributed by atoms with Crippen LogP contribution in [0.3, 0.4) is 0 Å². The largest absolute Gasteiger partial charge is 0.360 e. The number of thioether (sulfide) groups is 1. The highest BCUT2D eigenvalue weighted by molar-refractivity contribution is 8.01. The number of hydrogen-bond donors (Lipinski definition) is 3. The van der Waals surface area contributed by atoms with Crippen LogP contribution in [-0.2, 0) is 4.79 Å². The second-order valence-corrected chi connectivity index (χ2v) is 6.99. The predicted octanol–water partition coefficient (Wildman–Crippen LogP) is 2.45. The Morgan fingerprint density at radius 2 is 1.96 bits per heavy atom. The Morgan fingerprint density at radius 1 is 1.21 bits per heavy atom. The van der Waals surface area contributed by atoms with Gasteiger partial charge in [-0.25, -0.2) is 0 Å². The number of rotatable bonds is 8. The molecule has 0 saturated heterocycles. The topological polar surface area (TPSA) is 96.0 Å². The van der Waals surface area contributed by atoms with Crippen molar-refractivity contribution in [2.75, 3.05) is 30.0 Å². The van der Waals surface area contributed by atoms with Gasteiger partial charge in [-0.15, -0.1) is 10.2 Å². The van der Waals surface area contributed by atoms with Gasteiger partial charge in [0.2, 0.25) is 11.0 Å². The molecule has 0 spiro atoms. The van der Waals surface area contributed by atoms with E-state index in [1.807, 2.05) is 0 Å². The molecule has 0 aliphatic rings. The Balaban J connectivity index is 1.80. The molecular formula is C15H19N5O2S2. The fourth-order valence-corrected chi connectivity index (χ4v) is 3.32. The van der Waals surface area contributed by atoms with Crippen LogP contribution in [0.4, 0.5) is 10.8 Å². The Morgan fingerprint density at radius 3 is 2.62 bits per heavy atom. The lowest BCUT2D eigenvalue weighted by atomic mass is 10.2. The molecule has 1 heterocycles. The summed E-state index contributed by atoms with van der Waals surface area (Å²) < 4.78 is 0.749. The fraction of sp³-hybridized carbons (Fsp3) is 0.333. The second kappa shape index (κ2) is 9.24. The third-order valence-electron chi connectivity index (χ3n) is 2.92. The van der Waals surface area contributed by atoms with Crippen LogP contribution in [0.25, 0.3) is 0 Å². The van der Waals surface area contributed by atoms with Crippen LogP contribution in [0.5, 0.6) is 0 Å². The second-order valence-electron chi connectivity index (χ2n) is 4.79. The summed E-state index contributed by atoms with van der Waals surface area (Å²) in [5, 5.41) is 17.3. The number of aromatic nitrogens is 2. The van der Waals surface area contributed by atoms with Crippen LogP contribution in [-0.4, -0.2) is 41.4 Å².